The number of aromatic nitrogens is 3. The first-order valence-corrected chi connectivity index (χ1v) is 6.39. The van der Waals surface area contributed by atoms with Crippen molar-refractivity contribution >= 4 is 0 Å². The molecule has 0 aromatic carbocycles. The second kappa shape index (κ2) is 5.43. The molecule has 0 amide bonds. The highest BCUT2D eigenvalue weighted by Crippen LogP contribution is 2.28. The van der Waals surface area contributed by atoms with Gasteiger partial charge in [0.2, 0.25) is 0 Å². The Morgan fingerprint density at radius 2 is 2.12 bits per heavy atom. The predicted molar refractivity (Wildman–Crippen MR) is 64.1 cm³/mol. The van der Waals surface area contributed by atoms with E-state index >= 15 is 0 Å². The van der Waals surface area contributed by atoms with E-state index in [2.05, 4.69) is 33.9 Å². The van der Waals surface area contributed by atoms with E-state index in [9.17, 15) is 0 Å². The molecule has 1 aromatic heterocycles. The van der Waals surface area contributed by atoms with Crippen LogP contribution in [0.25, 0.3) is 0 Å². The van der Waals surface area contributed by atoms with E-state index in [1.54, 1.807) is 0 Å². The van der Waals surface area contributed by atoms with Gasteiger partial charge in [-0.05, 0) is 12.8 Å². The highest BCUT2D eigenvalue weighted by atomic mass is 15.3. The van der Waals surface area contributed by atoms with Crippen molar-refractivity contribution in [3.63, 3.8) is 0 Å². The molecule has 4 nitrogen and oxygen atoms in total. The van der Waals surface area contributed by atoms with Gasteiger partial charge in [-0.1, -0.05) is 33.1 Å². The molecule has 1 N–H and O–H groups in total. The van der Waals surface area contributed by atoms with Crippen LogP contribution in [0.3, 0.4) is 0 Å². The van der Waals surface area contributed by atoms with Gasteiger partial charge in [0.15, 0.2) is 0 Å². The van der Waals surface area contributed by atoms with Crippen molar-refractivity contribution in [1.29, 1.82) is 0 Å². The molecule has 0 bridgehead atoms. The van der Waals surface area contributed by atoms with Gasteiger partial charge in [-0.15, -0.1) is 10.2 Å². The first-order valence-electron chi connectivity index (χ1n) is 6.39. The average molecular weight is 222 g/mol. The third-order valence-electron chi connectivity index (χ3n) is 3.28. The molecule has 1 aliphatic rings. The molecule has 0 saturated heterocycles. The highest BCUT2D eigenvalue weighted by Gasteiger charge is 2.18. The fourth-order valence-electron chi connectivity index (χ4n) is 2.35. The summed E-state index contributed by atoms with van der Waals surface area (Å²) >= 11 is 0. The molecule has 1 fully saturated rings. The zero-order chi connectivity index (χ0) is 11.4. The standard InChI is InChI=1S/C12H22N4/c1-10(2)13-8-12-15-14-9-16(12)11-6-4-3-5-7-11/h9-11,13H,3-8H2,1-2H3. The Morgan fingerprint density at radius 1 is 1.38 bits per heavy atom. The fourth-order valence-corrected chi connectivity index (χ4v) is 2.35. The van der Waals surface area contributed by atoms with E-state index in [0.29, 0.717) is 12.1 Å². The maximum Gasteiger partial charge on any atom is 0.147 e. The lowest BCUT2D eigenvalue weighted by atomic mass is 9.95. The molecule has 4 heteroatoms. The second-order valence-electron chi connectivity index (χ2n) is 4.98. The molecule has 16 heavy (non-hydrogen) atoms. The summed E-state index contributed by atoms with van der Waals surface area (Å²) < 4.78 is 2.27. The maximum absolute atomic E-state index is 4.21. The van der Waals surface area contributed by atoms with E-state index in [1.807, 2.05) is 6.33 Å². The third kappa shape index (κ3) is 2.82. The molecule has 90 valence electrons. The second-order valence-corrected chi connectivity index (χ2v) is 4.98. The smallest absolute Gasteiger partial charge is 0.147 e. The minimum absolute atomic E-state index is 0.497. The predicted octanol–water partition coefficient (Wildman–Crippen LogP) is 2.28. The molecule has 1 aliphatic carbocycles. The van der Waals surface area contributed by atoms with Crippen LogP contribution in [0.5, 0.6) is 0 Å². The first kappa shape index (κ1) is 11.6. The number of rotatable bonds is 4. The van der Waals surface area contributed by atoms with E-state index in [4.69, 9.17) is 0 Å². The van der Waals surface area contributed by atoms with Gasteiger partial charge >= 0.3 is 0 Å². The van der Waals surface area contributed by atoms with Gasteiger partial charge in [-0.2, -0.15) is 0 Å². The molecule has 0 atom stereocenters. The summed E-state index contributed by atoms with van der Waals surface area (Å²) in [4.78, 5) is 0. The quantitative estimate of drug-likeness (QED) is 0.850. The molecule has 1 saturated carbocycles. The van der Waals surface area contributed by atoms with Crippen LogP contribution in [-0.4, -0.2) is 20.8 Å². The Labute approximate surface area is 97.5 Å². The van der Waals surface area contributed by atoms with Crippen LogP contribution in [0.15, 0.2) is 6.33 Å². The lowest BCUT2D eigenvalue weighted by molar-refractivity contribution is 0.342. The van der Waals surface area contributed by atoms with Gasteiger partial charge in [-0.3, -0.25) is 0 Å². The Balaban J connectivity index is 2.00. The first-order chi connectivity index (χ1) is 7.77. The summed E-state index contributed by atoms with van der Waals surface area (Å²) in [5.74, 6) is 1.08. The molecule has 0 unspecified atom stereocenters. The Bertz CT molecular complexity index is 313. The zero-order valence-electron chi connectivity index (χ0n) is 10.3. The van der Waals surface area contributed by atoms with Crippen LogP contribution in [-0.2, 0) is 6.54 Å². The summed E-state index contributed by atoms with van der Waals surface area (Å²) in [5.41, 5.74) is 0. The van der Waals surface area contributed by atoms with Crippen LogP contribution < -0.4 is 5.32 Å². The average Bonchev–Trinajstić information content (AvgIpc) is 2.75. The highest BCUT2D eigenvalue weighted by molar-refractivity contribution is 4.90. The van der Waals surface area contributed by atoms with Gasteiger partial charge in [0.25, 0.3) is 0 Å². The van der Waals surface area contributed by atoms with Gasteiger partial charge in [-0.25, -0.2) is 0 Å². The summed E-state index contributed by atoms with van der Waals surface area (Å²) in [7, 11) is 0. The molecule has 0 aliphatic heterocycles. The number of hydrogen-bond acceptors (Lipinski definition) is 3. The monoisotopic (exact) mass is 222 g/mol. The van der Waals surface area contributed by atoms with Crippen LogP contribution in [0.1, 0.15) is 57.8 Å². The van der Waals surface area contributed by atoms with Crippen molar-refractivity contribution in [2.75, 3.05) is 0 Å². The molecular weight excluding hydrogens is 200 g/mol. The van der Waals surface area contributed by atoms with Crippen LogP contribution in [0.2, 0.25) is 0 Å². The van der Waals surface area contributed by atoms with Crippen molar-refractivity contribution in [3.05, 3.63) is 12.2 Å². The molecule has 1 aromatic rings. The molecule has 1 heterocycles. The minimum Gasteiger partial charge on any atom is -0.313 e. The Hall–Kier alpha value is -0.900. The summed E-state index contributed by atoms with van der Waals surface area (Å²) in [6, 6.07) is 1.13. The number of nitrogens with zero attached hydrogens (tertiary/aromatic N) is 3. The van der Waals surface area contributed by atoms with Crippen LogP contribution in [0, 0.1) is 0 Å². The maximum atomic E-state index is 4.21. The molecular formula is C12H22N4. The summed E-state index contributed by atoms with van der Waals surface area (Å²) in [6.07, 6.45) is 8.55. The van der Waals surface area contributed by atoms with Crippen LogP contribution >= 0.6 is 0 Å². The summed E-state index contributed by atoms with van der Waals surface area (Å²) in [6.45, 7) is 5.14. The van der Waals surface area contributed by atoms with Gasteiger partial charge in [0.1, 0.15) is 12.2 Å². The summed E-state index contributed by atoms with van der Waals surface area (Å²) in [5, 5.41) is 11.7. The van der Waals surface area contributed by atoms with Crippen molar-refractivity contribution in [2.45, 2.75) is 64.6 Å². The van der Waals surface area contributed by atoms with E-state index < -0.39 is 0 Å². The fraction of sp³-hybridized carbons (Fsp3) is 0.833. The molecule has 0 spiro atoms. The molecule has 0 radical (unpaired) electrons. The lowest BCUT2D eigenvalue weighted by Gasteiger charge is -2.24. The minimum atomic E-state index is 0.497. The van der Waals surface area contributed by atoms with E-state index in [1.165, 1.54) is 32.1 Å². The third-order valence-corrected chi connectivity index (χ3v) is 3.28. The zero-order valence-corrected chi connectivity index (χ0v) is 10.3. The van der Waals surface area contributed by atoms with Gasteiger partial charge in [0, 0.05) is 12.1 Å². The van der Waals surface area contributed by atoms with Crippen molar-refractivity contribution < 1.29 is 0 Å². The van der Waals surface area contributed by atoms with Crippen molar-refractivity contribution in [2.24, 2.45) is 0 Å². The topological polar surface area (TPSA) is 42.7 Å². The largest absolute Gasteiger partial charge is 0.313 e. The SMILES string of the molecule is CC(C)NCc1nncn1C1CCCCC1. The Morgan fingerprint density at radius 3 is 2.81 bits per heavy atom. The van der Waals surface area contributed by atoms with Crippen molar-refractivity contribution in [3.8, 4) is 0 Å². The number of nitrogens with one attached hydrogen (secondary N) is 1. The van der Waals surface area contributed by atoms with Crippen LogP contribution in [0.4, 0.5) is 0 Å². The normalized spacial score (nSPS) is 18.2. The lowest BCUT2D eigenvalue weighted by Crippen LogP contribution is -2.25. The van der Waals surface area contributed by atoms with E-state index in [0.717, 1.165) is 12.4 Å². The molecule has 2 rings (SSSR count). The van der Waals surface area contributed by atoms with Crippen molar-refractivity contribution in [1.82, 2.24) is 20.1 Å². The Kier molecular flexibility index (Phi) is 3.93. The van der Waals surface area contributed by atoms with Gasteiger partial charge < -0.3 is 9.88 Å². The number of hydrogen-bond donors (Lipinski definition) is 1. The van der Waals surface area contributed by atoms with Gasteiger partial charge in [0.05, 0.1) is 6.54 Å². The van der Waals surface area contributed by atoms with E-state index in [-0.39, 0.29) is 0 Å².